The van der Waals surface area contributed by atoms with Crippen molar-refractivity contribution in [2.24, 2.45) is 0 Å². The molecule has 0 unspecified atom stereocenters. The van der Waals surface area contributed by atoms with Gasteiger partial charge in [0.2, 0.25) is 0 Å². The maximum atomic E-state index is 10.6. The van der Waals surface area contributed by atoms with Crippen LogP contribution in [0.5, 0.6) is 0 Å². The molecular formula is C65H58N4. The van der Waals surface area contributed by atoms with Crippen molar-refractivity contribution in [1.82, 2.24) is 0 Å². The fraction of sp³-hybridized carbons (Fsp3) is 0.200. The van der Waals surface area contributed by atoms with Gasteiger partial charge < -0.3 is 9.80 Å². The number of para-hydroxylation sites is 3. The summed E-state index contributed by atoms with van der Waals surface area (Å²) in [6.45, 7) is 12.8. The van der Waals surface area contributed by atoms with Crippen LogP contribution in [0.15, 0.2) is 200 Å². The van der Waals surface area contributed by atoms with Crippen molar-refractivity contribution < 1.29 is 0 Å². The largest absolute Gasteiger partial charge is 0.310 e. The summed E-state index contributed by atoms with van der Waals surface area (Å²) in [6.07, 6.45) is 11.9. The molecule has 0 radical (unpaired) electrons. The topological polar surface area (TPSA) is 34.6 Å². The first-order valence-corrected chi connectivity index (χ1v) is 25.0. The van der Waals surface area contributed by atoms with Gasteiger partial charge in [-0.1, -0.05) is 180 Å². The number of aryl methyl sites for hydroxylation is 2. The minimum Gasteiger partial charge on any atom is -0.310 e. The molecule has 1 spiro atoms. The number of benzene rings is 8. The third-order valence-corrected chi connectivity index (χ3v) is 14.2. The molecule has 8 aromatic rings. The fourth-order valence-corrected chi connectivity index (χ4v) is 11.2. The minimum atomic E-state index is -0.809. The van der Waals surface area contributed by atoms with Gasteiger partial charge in [0.05, 0.1) is 29.4 Å². The van der Waals surface area contributed by atoms with E-state index in [4.69, 9.17) is 6.57 Å². The molecule has 4 heteroatoms. The predicted octanol–water partition coefficient (Wildman–Crippen LogP) is 17.8. The van der Waals surface area contributed by atoms with Crippen LogP contribution >= 0.6 is 0 Å². The van der Waals surface area contributed by atoms with Gasteiger partial charge in [0.25, 0.3) is 5.70 Å². The number of unbranched alkanes of at least 4 members (excludes halogenated alkanes) is 6. The zero-order valence-electron chi connectivity index (χ0n) is 39.8. The van der Waals surface area contributed by atoms with E-state index < -0.39 is 5.41 Å². The van der Waals surface area contributed by atoms with Crippen LogP contribution in [0.3, 0.4) is 0 Å². The third kappa shape index (κ3) is 8.32. The lowest BCUT2D eigenvalue weighted by Crippen LogP contribution is -2.41. The van der Waals surface area contributed by atoms with Gasteiger partial charge in [-0.3, -0.25) is 0 Å². The van der Waals surface area contributed by atoms with Crippen LogP contribution in [0.25, 0.3) is 21.5 Å². The van der Waals surface area contributed by atoms with E-state index in [1.807, 2.05) is 12.1 Å². The zero-order valence-corrected chi connectivity index (χ0v) is 39.8. The van der Waals surface area contributed by atoms with Crippen LogP contribution in [-0.4, -0.2) is 0 Å². The summed E-state index contributed by atoms with van der Waals surface area (Å²) in [4.78, 5) is 8.71. The number of rotatable bonds is 15. The third-order valence-electron chi connectivity index (χ3n) is 14.2. The molecule has 0 saturated carbocycles. The van der Waals surface area contributed by atoms with Crippen molar-refractivity contribution in [1.29, 1.82) is 5.26 Å². The average Bonchev–Trinajstić information content (AvgIpc) is 3.40. The molecule has 0 N–H and O–H groups in total. The first-order chi connectivity index (χ1) is 34.1. The summed E-state index contributed by atoms with van der Waals surface area (Å²) in [5.74, 6) is 0. The Morgan fingerprint density at radius 3 is 1.61 bits per heavy atom. The lowest BCUT2D eigenvalue weighted by Gasteiger charge is -2.50. The van der Waals surface area contributed by atoms with E-state index in [2.05, 4.69) is 217 Å². The lowest BCUT2D eigenvalue weighted by molar-refractivity contribution is 0.661. The van der Waals surface area contributed by atoms with Crippen LogP contribution in [0.2, 0.25) is 0 Å². The average molecular weight is 895 g/mol. The van der Waals surface area contributed by atoms with E-state index in [1.54, 1.807) is 0 Å². The highest BCUT2D eigenvalue weighted by Crippen LogP contribution is 2.62. The van der Waals surface area contributed by atoms with Crippen molar-refractivity contribution in [3.05, 3.63) is 256 Å². The van der Waals surface area contributed by atoms with Crippen LogP contribution < -0.4 is 9.80 Å². The van der Waals surface area contributed by atoms with Crippen LogP contribution in [0.4, 0.5) is 34.1 Å². The van der Waals surface area contributed by atoms with Gasteiger partial charge in [0.15, 0.2) is 0 Å². The summed E-state index contributed by atoms with van der Waals surface area (Å²) in [5, 5.41) is 10.6. The highest BCUT2D eigenvalue weighted by Gasteiger charge is 2.51. The SMILES string of the molecule is [C-]#[N+]C(C#N)=C1c2ccccc2C2(c3ccccc31)c1ccccc1N(c1cc(CCCCCC)cc(CCCCCC)c1)c1ccc(-c3cccc(N(c4ccccc4)c4ccccc4)c3)cc12. The van der Waals surface area contributed by atoms with Crippen molar-refractivity contribution in [3.8, 4) is 17.2 Å². The number of nitriles is 1. The molecule has 0 amide bonds. The summed E-state index contributed by atoms with van der Waals surface area (Å²) in [6, 6.07) is 72.8. The molecule has 2 aliphatic rings. The van der Waals surface area contributed by atoms with E-state index in [-0.39, 0.29) is 5.70 Å². The van der Waals surface area contributed by atoms with E-state index in [0.717, 1.165) is 80.2 Å². The smallest absolute Gasteiger partial charge is 0.270 e. The molecule has 1 aliphatic heterocycles. The van der Waals surface area contributed by atoms with E-state index >= 15 is 0 Å². The predicted molar refractivity (Wildman–Crippen MR) is 287 cm³/mol. The Morgan fingerprint density at radius 2 is 1.03 bits per heavy atom. The Labute approximate surface area is 409 Å². The second-order valence-electron chi connectivity index (χ2n) is 18.6. The Kier molecular flexibility index (Phi) is 13.1. The van der Waals surface area contributed by atoms with Crippen LogP contribution in [0, 0.1) is 17.9 Å². The summed E-state index contributed by atoms with van der Waals surface area (Å²) in [7, 11) is 0. The fourth-order valence-electron chi connectivity index (χ4n) is 11.2. The molecule has 0 aromatic heterocycles. The molecule has 0 fully saturated rings. The highest BCUT2D eigenvalue weighted by atomic mass is 15.2. The summed E-state index contributed by atoms with van der Waals surface area (Å²) >= 11 is 0. The number of fused-ring (bicyclic) bond motifs is 8. The standard InChI is InChI=1S/C65H58N4/c1-4-6-8-12-25-47-41-48(26-13-9-7-5-2)43-54(42-47)69-62-38-23-22-37-59(62)65(57-35-20-18-33-55(57)64(61(46-66)67-3)56-34-19-21-36-58(56)65)60-45-50(39-40-63(60)69)49-27-24-32-53(44-49)68(51-28-14-10-15-29-51)52-30-16-11-17-31-52/h10-11,14-24,27-45H,4-9,12-13,25-26H2,1-2H3. The van der Waals surface area contributed by atoms with Crippen molar-refractivity contribution in [2.75, 3.05) is 9.80 Å². The second-order valence-corrected chi connectivity index (χ2v) is 18.6. The monoisotopic (exact) mass is 894 g/mol. The van der Waals surface area contributed by atoms with Gasteiger partial charge >= 0.3 is 0 Å². The Hall–Kier alpha value is -7.92. The Bertz CT molecular complexity index is 3110. The summed E-state index contributed by atoms with van der Waals surface area (Å²) in [5.41, 5.74) is 17.9. The molecule has 0 bridgehead atoms. The summed E-state index contributed by atoms with van der Waals surface area (Å²) < 4.78 is 0. The Morgan fingerprint density at radius 1 is 0.507 bits per heavy atom. The molecule has 69 heavy (non-hydrogen) atoms. The van der Waals surface area contributed by atoms with Crippen molar-refractivity contribution in [2.45, 2.75) is 83.5 Å². The van der Waals surface area contributed by atoms with E-state index in [0.29, 0.717) is 5.57 Å². The maximum Gasteiger partial charge on any atom is 0.270 e. The van der Waals surface area contributed by atoms with Gasteiger partial charge in [0.1, 0.15) is 0 Å². The van der Waals surface area contributed by atoms with E-state index in [9.17, 15) is 5.26 Å². The minimum absolute atomic E-state index is 0.102. The van der Waals surface area contributed by atoms with Gasteiger partial charge in [-0.15, -0.1) is 0 Å². The van der Waals surface area contributed by atoms with E-state index in [1.165, 1.54) is 73.7 Å². The first-order valence-electron chi connectivity index (χ1n) is 25.0. The van der Waals surface area contributed by atoms with Crippen LogP contribution in [-0.2, 0) is 18.3 Å². The second kappa shape index (κ2) is 20.1. The molecule has 1 heterocycles. The number of hydrogen-bond acceptors (Lipinski definition) is 3. The number of nitrogens with zero attached hydrogens (tertiary/aromatic N) is 4. The highest BCUT2D eigenvalue weighted by molar-refractivity contribution is 5.99. The normalized spacial score (nSPS) is 14.2. The molecule has 1 aliphatic carbocycles. The first kappa shape index (κ1) is 44.9. The molecule has 0 atom stereocenters. The van der Waals surface area contributed by atoms with Crippen molar-refractivity contribution in [3.63, 3.8) is 0 Å². The van der Waals surface area contributed by atoms with Crippen LogP contribution in [0.1, 0.15) is 110 Å². The van der Waals surface area contributed by atoms with Gasteiger partial charge in [-0.25, -0.2) is 10.1 Å². The molecule has 8 aromatic carbocycles. The number of hydrogen-bond donors (Lipinski definition) is 0. The van der Waals surface area contributed by atoms with Crippen molar-refractivity contribution >= 4 is 39.7 Å². The molecular weight excluding hydrogens is 837 g/mol. The molecule has 4 nitrogen and oxygen atoms in total. The molecule has 10 rings (SSSR count). The lowest BCUT2D eigenvalue weighted by atomic mass is 9.56. The number of anilines is 6. The quantitative estimate of drug-likeness (QED) is 0.0584. The maximum absolute atomic E-state index is 10.6. The molecule has 0 saturated heterocycles. The van der Waals surface area contributed by atoms with Gasteiger partial charge in [-0.05, 0) is 148 Å². The Balaban J connectivity index is 1.24. The zero-order chi connectivity index (χ0) is 47.2. The molecule has 338 valence electrons. The van der Waals surface area contributed by atoms with Gasteiger partial charge in [-0.2, -0.15) is 0 Å². The van der Waals surface area contributed by atoms with Gasteiger partial charge in [0, 0.05) is 28.3 Å². The number of allylic oxidation sites excluding steroid dienone is 1.